The van der Waals surface area contributed by atoms with E-state index < -0.39 is 0 Å². The predicted octanol–water partition coefficient (Wildman–Crippen LogP) is 3.94. The molecule has 0 aliphatic carbocycles. The summed E-state index contributed by atoms with van der Waals surface area (Å²) in [6.07, 6.45) is 3.07. The van der Waals surface area contributed by atoms with Gasteiger partial charge in [-0.3, -0.25) is 0 Å². The molecule has 0 amide bonds. The average Bonchev–Trinajstić information content (AvgIpc) is 2.34. The Labute approximate surface area is 103 Å². The van der Waals surface area contributed by atoms with Gasteiger partial charge in [0.15, 0.2) is 0 Å². The maximum absolute atomic E-state index is 9.53. The fourth-order valence-electron chi connectivity index (χ4n) is 2.10. The maximum atomic E-state index is 9.53. The normalized spacial score (nSPS) is 10.4. The van der Waals surface area contributed by atoms with Crippen molar-refractivity contribution in [2.45, 2.75) is 26.2 Å². The van der Waals surface area contributed by atoms with Crippen molar-refractivity contribution in [3.8, 4) is 5.75 Å². The molecule has 2 aromatic rings. The van der Waals surface area contributed by atoms with Crippen molar-refractivity contribution >= 4 is 0 Å². The highest BCUT2D eigenvalue weighted by atomic mass is 16.3. The Morgan fingerprint density at radius 1 is 0.941 bits per heavy atom. The molecule has 1 nitrogen and oxygen atoms in total. The summed E-state index contributed by atoms with van der Waals surface area (Å²) < 4.78 is 0. The van der Waals surface area contributed by atoms with Crippen LogP contribution in [0.2, 0.25) is 0 Å². The Morgan fingerprint density at radius 2 is 1.71 bits per heavy atom. The third kappa shape index (κ3) is 3.10. The van der Waals surface area contributed by atoms with Crippen LogP contribution in [0.4, 0.5) is 0 Å². The van der Waals surface area contributed by atoms with Gasteiger partial charge in [0, 0.05) is 0 Å². The van der Waals surface area contributed by atoms with E-state index in [-0.39, 0.29) is 0 Å². The zero-order valence-electron chi connectivity index (χ0n) is 10.2. The van der Waals surface area contributed by atoms with E-state index in [1.807, 2.05) is 18.2 Å². The second-order valence-corrected chi connectivity index (χ2v) is 4.37. The van der Waals surface area contributed by atoms with Crippen molar-refractivity contribution in [2.75, 3.05) is 0 Å². The van der Waals surface area contributed by atoms with Gasteiger partial charge in [-0.2, -0.15) is 0 Å². The van der Waals surface area contributed by atoms with E-state index >= 15 is 0 Å². The van der Waals surface area contributed by atoms with Crippen LogP contribution in [0.1, 0.15) is 30.0 Å². The lowest BCUT2D eigenvalue weighted by Gasteiger charge is -2.09. The lowest BCUT2D eigenvalue weighted by Crippen LogP contribution is -1.95. The SMILES string of the molecule is CCCc1cc(O)ccc1Cc1ccccc1. The van der Waals surface area contributed by atoms with E-state index in [1.54, 1.807) is 6.07 Å². The number of aryl methyl sites for hydroxylation is 1. The number of aromatic hydroxyl groups is 1. The van der Waals surface area contributed by atoms with Crippen molar-refractivity contribution in [3.05, 3.63) is 65.2 Å². The van der Waals surface area contributed by atoms with Gasteiger partial charge in [0.25, 0.3) is 0 Å². The average molecular weight is 226 g/mol. The van der Waals surface area contributed by atoms with Crippen molar-refractivity contribution < 1.29 is 5.11 Å². The molecule has 1 N–H and O–H groups in total. The number of hydrogen-bond acceptors (Lipinski definition) is 1. The van der Waals surface area contributed by atoms with Crippen LogP contribution in [0.5, 0.6) is 5.75 Å². The van der Waals surface area contributed by atoms with E-state index in [2.05, 4.69) is 31.2 Å². The fourth-order valence-corrected chi connectivity index (χ4v) is 2.10. The summed E-state index contributed by atoms with van der Waals surface area (Å²) in [4.78, 5) is 0. The van der Waals surface area contributed by atoms with E-state index in [0.717, 1.165) is 19.3 Å². The second kappa shape index (κ2) is 5.53. The molecule has 0 unspecified atom stereocenters. The van der Waals surface area contributed by atoms with E-state index in [1.165, 1.54) is 16.7 Å². The summed E-state index contributed by atoms with van der Waals surface area (Å²) in [7, 11) is 0. The number of hydrogen-bond donors (Lipinski definition) is 1. The highest BCUT2D eigenvalue weighted by Crippen LogP contribution is 2.21. The molecule has 0 atom stereocenters. The van der Waals surface area contributed by atoms with Crippen LogP contribution in [-0.4, -0.2) is 5.11 Å². The summed E-state index contributed by atoms with van der Waals surface area (Å²) in [5, 5.41) is 9.53. The van der Waals surface area contributed by atoms with Crippen LogP contribution in [0.3, 0.4) is 0 Å². The van der Waals surface area contributed by atoms with Gasteiger partial charge in [-0.05, 0) is 41.7 Å². The number of rotatable bonds is 4. The smallest absolute Gasteiger partial charge is 0.115 e. The summed E-state index contributed by atoms with van der Waals surface area (Å²) in [6, 6.07) is 16.1. The van der Waals surface area contributed by atoms with Gasteiger partial charge >= 0.3 is 0 Å². The first kappa shape index (κ1) is 11.7. The summed E-state index contributed by atoms with van der Waals surface area (Å²) in [6.45, 7) is 2.16. The zero-order valence-corrected chi connectivity index (χ0v) is 10.2. The third-order valence-electron chi connectivity index (χ3n) is 2.95. The Morgan fingerprint density at radius 3 is 2.41 bits per heavy atom. The third-order valence-corrected chi connectivity index (χ3v) is 2.95. The fraction of sp³-hybridized carbons (Fsp3) is 0.250. The molecular weight excluding hydrogens is 208 g/mol. The van der Waals surface area contributed by atoms with Gasteiger partial charge in [-0.15, -0.1) is 0 Å². The molecule has 0 aliphatic heterocycles. The first-order chi connectivity index (χ1) is 8.29. The number of benzene rings is 2. The van der Waals surface area contributed by atoms with Crippen LogP contribution in [0.15, 0.2) is 48.5 Å². The molecule has 1 heteroatoms. The molecule has 0 aliphatic rings. The minimum Gasteiger partial charge on any atom is -0.508 e. The van der Waals surface area contributed by atoms with E-state index in [9.17, 15) is 5.11 Å². The highest BCUT2D eigenvalue weighted by molar-refractivity contribution is 5.38. The minimum absolute atomic E-state index is 0.366. The van der Waals surface area contributed by atoms with Gasteiger partial charge in [-0.1, -0.05) is 49.7 Å². The van der Waals surface area contributed by atoms with Gasteiger partial charge in [0.1, 0.15) is 5.75 Å². The van der Waals surface area contributed by atoms with Gasteiger partial charge in [0.05, 0.1) is 0 Å². The molecule has 0 saturated carbocycles. The molecule has 88 valence electrons. The molecule has 2 rings (SSSR count). The van der Waals surface area contributed by atoms with Crippen LogP contribution >= 0.6 is 0 Å². The summed E-state index contributed by atoms with van der Waals surface area (Å²) in [5.74, 6) is 0.366. The minimum atomic E-state index is 0.366. The molecule has 2 aromatic carbocycles. The molecule has 0 heterocycles. The number of phenolic OH excluding ortho intramolecular Hbond substituents is 1. The first-order valence-corrected chi connectivity index (χ1v) is 6.14. The molecule has 0 radical (unpaired) electrons. The van der Waals surface area contributed by atoms with Crippen LogP contribution in [0, 0.1) is 0 Å². The van der Waals surface area contributed by atoms with Crippen molar-refractivity contribution in [2.24, 2.45) is 0 Å². The topological polar surface area (TPSA) is 20.2 Å². The quantitative estimate of drug-likeness (QED) is 0.837. The monoisotopic (exact) mass is 226 g/mol. The highest BCUT2D eigenvalue weighted by Gasteiger charge is 2.04. The largest absolute Gasteiger partial charge is 0.508 e. The summed E-state index contributed by atoms with van der Waals surface area (Å²) in [5.41, 5.74) is 3.89. The van der Waals surface area contributed by atoms with Crippen LogP contribution in [0.25, 0.3) is 0 Å². The molecule has 0 spiro atoms. The van der Waals surface area contributed by atoms with E-state index in [0.29, 0.717) is 5.75 Å². The van der Waals surface area contributed by atoms with E-state index in [4.69, 9.17) is 0 Å². The lowest BCUT2D eigenvalue weighted by molar-refractivity contribution is 0.474. The van der Waals surface area contributed by atoms with Gasteiger partial charge in [0.2, 0.25) is 0 Å². The molecular formula is C16H18O. The maximum Gasteiger partial charge on any atom is 0.115 e. The molecule has 0 bridgehead atoms. The summed E-state index contributed by atoms with van der Waals surface area (Å²) >= 11 is 0. The molecule has 0 fully saturated rings. The molecule has 0 saturated heterocycles. The second-order valence-electron chi connectivity index (χ2n) is 4.37. The molecule has 17 heavy (non-hydrogen) atoms. The van der Waals surface area contributed by atoms with Crippen LogP contribution in [-0.2, 0) is 12.8 Å². The Kier molecular flexibility index (Phi) is 3.81. The lowest BCUT2D eigenvalue weighted by atomic mass is 9.97. The van der Waals surface area contributed by atoms with Crippen LogP contribution < -0.4 is 0 Å². The zero-order chi connectivity index (χ0) is 12.1. The Bertz CT molecular complexity index is 474. The number of phenols is 1. The predicted molar refractivity (Wildman–Crippen MR) is 71.3 cm³/mol. The van der Waals surface area contributed by atoms with Crippen molar-refractivity contribution in [3.63, 3.8) is 0 Å². The van der Waals surface area contributed by atoms with Crippen molar-refractivity contribution in [1.29, 1.82) is 0 Å². The molecule has 0 aromatic heterocycles. The standard InChI is InChI=1S/C16H18O/c1-2-6-14-12-16(17)10-9-15(14)11-13-7-4-3-5-8-13/h3-5,7-10,12,17H,2,6,11H2,1H3. The first-order valence-electron chi connectivity index (χ1n) is 6.14. The Balaban J connectivity index is 2.26. The van der Waals surface area contributed by atoms with Crippen molar-refractivity contribution in [1.82, 2.24) is 0 Å². The van der Waals surface area contributed by atoms with Gasteiger partial charge < -0.3 is 5.11 Å². The Hall–Kier alpha value is -1.76. The van der Waals surface area contributed by atoms with Gasteiger partial charge in [-0.25, -0.2) is 0 Å².